The number of aromatic nitrogens is 2. The number of nitrogen functional groups attached to an aromatic ring is 1. The molecule has 0 aliphatic carbocycles. The van der Waals surface area contributed by atoms with Crippen molar-refractivity contribution in [2.75, 3.05) is 17.2 Å². The molecule has 0 saturated heterocycles. The highest BCUT2D eigenvalue weighted by molar-refractivity contribution is 5.83. The highest BCUT2D eigenvalue weighted by Crippen LogP contribution is 2.35. The summed E-state index contributed by atoms with van der Waals surface area (Å²) < 4.78 is 1.95. The van der Waals surface area contributed by atoms with Crippen LogP contribution in [-0.2, 0) is 20.0 Å². The summed E-state index contributed by atoms with van der Waals surface area (Å²) in [6.45, 7) is 1.82. The quantitative estimate of drug-likeness (QED) is 0.733. The summed E-state index contributed by atoms with van der Waals surface area (Å²) in [5.74, 6) is 0. The molecule has 0 radical (unpaired) electrons. The molecular formula is C17H18N4. The summed E-state index contributed by atoms with van der Waals surface area (Å²) in [6, 6.07) is 14.6. The maximum Gasteiger partial charge on any atom is 0.0896 e. The first-order valence-corrected chi connectivity index (χ1v) is 7.27. The van der Waals surface area contributed by atoms with Crippen molar-refractivity contribution in [2.24, 2.45) is 7.05 Å². The lowest BCUT2D eigenvalue weighted by atomic mass is 10.1. The van der Waals surface area contributed by atoms with E-state index >= 15 is 0 Å². The summed E-state index contributed by atoms with van der Waals surface area (Å²) in [4.78, 5) is 2.35. The van der Waals surface area contributed by atoms with Crippen molar-refractivity contribution in [1.29, 1.82) is 0 Å². The van der Waals surface area contributed by atoms with E-state index in [1.165, 1.54) is 22.2 Å². The Kier molecular flexibility index (Phi) is 2.64. The molecule has 21 heavy (non-hydrogen) atoms. The van der Waals surface area contributed by atoms with E-state index in [-0.39, 0.29) is 0 Å². The molecular weight excluding hydrogens is 260 g/mol. The lowest BCUT2D eigenvalue weighted by molar-refractivity contribution is 0.741. The molecule has 4 rings (SSSR count). The van der Waals surface area contributed by atoms with Gasteiger partial charge in [-0.2, -0.15) is 5.10 Å². The molecule has 2 heterocycles. The number of hydrogen-bond acceptors (Lipinski definition) is 3. The molecule has 0 saturated carbocycles. The third-order valence-corrected chi connectivity index (χ3v) is 4.29. The summed E-state index contributed by atoms with van der Waals surface area (Å²) in [7, 11) is 2.00. The van der Waals surface area contributed by atoms with Crippen molar-refractivity contribution < 1.29 is 0 Å². The molecule has 3 aromatic rings. The summed E-state index contributed by atoms with van der Waals surface area (Å²) in [5.41, 5.74) is 11.9. The average molecular weight is 278 g/mol. The van der Waals surface area contributed by atoms with Crippen molar-refractivity contribution in [1.82, 2.24) is 9.78 Å². The van der Waals surface area contributed by atoms with Gasteiger partial charge in [0.2, 0.25) is 0 Å². The molecule has 0 bridgehead atoms. The molecule has 1 aromatic heterocycles. The largest absolute Gasteiger partial charge is 0.397 e. The van der Waals surface area contributed by atoms with Crippen molar-refractivity contribution in [3.8, 4) is 0 Å². The van der Waals surface area contributed by atoms with Crippen LogP contribution in [0.5, 0.6) is 0 Å². The van der Waals surface area contributed by atoms with Crippen LogP contribution < -0.4 is 10.6 Å². The van der Waals surface area contributed by atoms with Crippen LogP contribution in [0.4, 0.5) is 11.4 Å². The number of hydrogen-bond donors (Lipinski definition) is 1. The number of rotatable bonds is 2. The van der Waals surface area contributed by atoms with E-state index in [4.69, 9.17) is 10.8 Å². The van der Waals surface area contributed by atoms with Gasteiger partial charge in [-0.15, -0.1) is 0 Å². The second-order valence-corrected chi connectivity index (χ2v) is 5.61. The molecule has 1 aliphatic heterocycles. The third kappa shape index (κ3) is 1.87. The molecule has 0 amide bonds. The van der Waals surface area contributed by atoms with E-state index in [1.807, 2.05) is 23.9 Å². The Morgan fingerprint density at radius 2 is 2.00 bits per heavy atom. The van der Waals surface area contributed by atoms with E-state index in [0.717, 1.165) is 30.9 Å². The lowest BCUT2D eigenvalue weighted by Crippen LogP contribution is -2.21. The molecule has 106 valence electrons. The lowest BCUT2D eigenvalue weighted by Gasteiger charge is -2.20. The monoisotopic (exact) mass is 278 g/mol. The number of fused-ring (bicyclic) bond motifs is 2. The van der Waals surface area contributed by atoms with Gasteiger partial charge < -0.3 is 10.6 Å². The smallest absolute Gasteiger partial charge is 0.0896 e. The van der Waals surface area contributed by atoms with Gasteiger partial charge in [0.25, 0.3) is 0 Å². The molecule has 4 nitrogen and oxygen atoms in total. The molecule has 1 aliphatic rings. The second-order valence-electron chi connectivity index (χ2n) is 5.61. The Balaban J connectivity index is 1.75. The SMILES string of the molecule is Cn1nc(CN2CCc3cccc(N)c32)c2ccccc21. The minimum atomic E-state index is 0.808. The number of anilines is 2. The fourth-order valence-corrected chi connectivity index (χ4v) is 3.31. The van der Waals surface area contributed by atoms with Crippen molar-refractivity contribution in [2.45, 2.75) is 13.0 Å². The number of benzene rings is 2. The van der Waals surface area contributed by atoms with Crippen LogP contribution >= 0.6 is 0 Å². The van der Waals surface area contributed by atoms with Gasteiger partial charge >= 0.3 is 0 Å². The zero-order valence-electron chi connectivity index (χ0n) is 12.1. The molecule has 2 aromatic carbocycles. The van der Waals surface area contributed by atoms with E-state index in [1.54, 1.807) is 0 Å². The minimum absolute atomic E-state index is 0.808. The van der Waals surface area contributed by atoms with Gasteiger partial charge in [-0.3, -0.25) is 4.68 Å². The predicted octanol–water partition coefficient (Wildman–Crippen LogP) is 2.72. The summed E-state index contributed by atoms with van der Waals surface area (Å²) in [6.07, 6.45) is 1.06. The number of nitrogens with zero attached hydrogens (tertiary/aromatic N) is 3. The van der Waals surface area contributed by atoms with Gasteiger partial charge in [0.1, 0.15) is 0 Å². The molecule has 2 N–H and O–H groups in total. The van der Waals surface area contributed by atoms with Crippen LogP contribution in [0.1, 0.15) is 11.3 Å². The van der Waals surface area contributed by atoms with Crippen molar-refractivity contribution in [3.05, 3.63) is 53.7 Å². The van der Waals surface area contributed by atoms with Gasteiger partial charge in [0, 0.05) is 19.0 Å². The molecule has 0 spiro atoms. The third-order valence-electron chi connectivity index (χ3n) is 4.29. The van der Waals surface area contributed by atoms with Crippen molar-refractivity contribution >= 4 is 22.3 Å². The maximum atomic E-state index is 6.17. The Bertz CT molecular complexity index is 819. The van der Waals surface area contributed by atoms with E-state index < -0.39 is 0 Å². The van der Waals surface area contributed by atoms with Gasteiger partial charge in [0.05, 0.1) is 29.1 Å². The standard InChI is InChI=1S/C17H18N4/c1-20-16-8-3-2-6-13(16)15(19-20)11-21-10-9-12-5-4-7-14(18)17(12)21/h2-8H,9-11,18H2,1H3. The van der Waals surface area contributed by atoms with Crippen molar-refractivity contribution in [3.63, 3.8) is 0 Å². The van der Waals surface area contributed by atoms with E-state index in [9.17, 15) is 0 Å². The van der Waals surface area contributed by atoms with Crippen LogP contribution in [0.3, 0.4) is 0 Å². The second kappa shape index (κ2) is 4.52. The van der Waals surface area contributed by atoms with Crippen LogP contribution in [0.2, 0.25) is 0 Å². The normalized spacial score (nSPS) is 13.9. The average Bonchev–Trinajstić information content (AvgIpc) is 3.04. The zero-order valence-corrected chi connectivity index (χ0v) is 12.1. The molecule has 0 atom stereocenters. The number of nitrogens with two attached hydrogens (primary N) is 1. The first-order valence-electron chi connectivity index (χ1n) is 7.27. The zero-order chi connectivity index (χ0) is 14.4. The molecule has 4 heteroatoms. The van der Waals surface area contributed by atoms with E-state index in [0.29, 0.717) is 0 Å². The van der Waals surface area contributed by atoms with Crippen LogP contribution in [0.15, 0.2) is 42.5 Å². The van der Waals surface area contributed by atoms with Crippen LogP contribution in [-0.4, -0.2) is 16.3 Å². The minimum Gasteiger partial charge on any atom is -0.397 e. The predicted molar refractivity (Wildman–Crippen MR) is 86.3 cm³/mol. The van der Waals surface area contributed by atoms with E-state index in [2.05, 4.69) is 35.2 Å². The summed E-state index contributed by atoms with van der Waals surface area (Å²) >= 11 is 0. The highest BCUT2D eigenvalue weighted by Gasteiger charge is 2.23. The first-order chi connectivity index (χ1) is 10.2. The maximum absolute atomic E-state index is 6.17. The Morgan fingerprint density at radius 3 is 2.90 bits per heavy atom. The Hall–Kier alpha value is -2.49. The Labute approximate surface area is 123 Å². The van der Waals surface area contributed by atoms with Gasteiger partial charge in [0.15, 0.2) is 0 Å². The van der Waals surface area contributed by atoms with Crippen LogP contribution in [0.25, 0.3) is 10.9 Å². The van der Waals surface area contributed by atoms with Gasteiger partial charge in [-0.05, 0) is 24.1 Å². The number of aryl methyl sites for hydroxylation is 1. The molecule has 0 unspecified atom stereocenters. The Morgan fingerprint density at radius 1 is 1.14 bits per heavy atom. The molecule has 0 fully saturated rings. The first kappa shape index (κ1) is 12.3. The topological polar surface area (TPSA) is 47.1 Å². The van der Waals surface area contributed by atoms with Crippen LogP contribution in [0, 0.1) is 0 Å². The number of para-hydroxylation sites is 2. The van der Waals surface area contributed by atoms with Gasteiger partial charge in [-0.25, -0.2) is 0 Å². The fraction of sp³-hybridized carbons (Fsp3) is 0.235. The fourth-order valence-electron chi connectivity index (χ4n) is 3.31. The highest BCUT2D eigenvalue weighted by atomic mass is 15.3. The summed E-state index contributed by atoms with van der Waals surface area (Å²) in [5, 5.41) is 5.91. The van der Waals surface area contributed by atoms with Gasteiger partial charge in [-0.1, -0.05) is 30.3 Å².